The van der Waals surface area contributed by atoms with Gasteiger partial charge < -0.3 is 10.4 Å². The summed E-state index contributed by atoms with van der Waals surface area (Å²) in [6, 6.07) is 14.4. The summed E-state index contributed by atoms with van der Waals surface area (Å²) in [5.74, 6) is 0. The molecule has 1 aromatic carbocycles. The number of thiophene rings is 1. The lowest BCUT2D eigenvalue weighted by Crippen LogP contribution is -2.37. The largest absolute Gasteiger partial charge is 0.384 e. The van der Waals surface area contributed by atoms with E-state index in [0.717, 1.165) is 18.4 Å². The first-order valence-electron chi connectivity index (χ1n) is 7.18. The van der Waals surface area contributed by atoms with Crippen molar-refractivity contribution >= 4 is 11.3 Å². The van der Waals surface area contributed by atoms with Crippen LogP contribution in [-0.4, -0.2) is 11.7 Å². The standard InChI is InChI=1S/C17H23NOS/c1-3-8-15(16-11-7-12-20-16)18-13-17(2,19)14-9-5-4-6-10-14/h4-7,9-12,15,18-19H,3,8,13H2,1-2H3. The summed E-state index contributed by atoms with van der Waals surface area (Å²) in [6.45, 7) is 4.62. The Morgan fingerprint density at radius 1 is 1.20 bits per heavy atom. The minimum absolute atomic E-state index is 0.329. The minimum atomic E-state index is -0.843. The van der Waals surface area contributed by atoms with Crippen molar-refractivity contribution in [2.24, 2.45) is 0 Å². The quantitative estimate of drug-likeness (QED) is 0.804. The molecule has 2 atom stereocenters. The molecule has 2 N–H and O–H groups in total. The Morgan fingerprint density at radius 2 is 1.95 bits per heavy atom. The molecule has 108 valence electrons. The second-order valence-electron chi connectivity index (χ2n) is 5.38. The van der Waals surface area contributed by atoms with Gasteiger partial charge in [0.05, 0.1) is 5.60 Å². The van der Waals surface area contributed by atoms with E-state index in [1.54, 1.807) is 11.3 Å². The van der Waals surface area contributed by atoms with Crippen LogP contribution in [0, 0.1) is 0 Å². The zero-order chi connectivity index (χ0) is 14.4. The Labute approximate surface area is 125 Å². The molecule has 2 nitrogen and oxygen atoms in total. The van der Waals surface area contributed by atoms with E-state index in [1.165, 1.54) is 4.88 Å². The second-order valence-corrected chi connectivity index (χ2v) is 6.36. The summed E-state index contributed by atoms with van der Waals surface area (Å²) in [4.78, 5) is 1.34. The highest BCUT2D eigenvalue weighted by Gasteiger charge is 2.24. The first-order chi connectivity index (χ1) is 9.63. The van der Waals surface area contributed by atoms with Gasteiger partial charge in [0, 0.05) is 17.5 Å². The zero-order valence-electron chi connectivity index (χ0n) is 12.2. The van der Waals surface area contributed by atoms with E-state index in [1.807, 2.05) is 37.3 Å². The Morgan fingerprint density at radius 3 is 2.55 bits per heavy atom. The van der Waals surface area contributed by atoms with Gasteiger partial charge in [-0.2, -0.15) is 0 Å². The molecule has 0 radical (unpaired) electrons. The normalized spacial score (nSPS) is 15.8. The van der Waals surface area contributed by atoms with Crippen molar-refractivity contribution in [1.82, 2.24) is 5.32 Å². The van der Waals surface area contributed by atoms with Crippen LogP contribution < -0.4 is 5.32 Å². The molecule has 0 aliphatic carbocycles. The lowest BCUT2D eigenvalue weighted by Gasteiger charge is -2.27. The summed E-state index contributed by atoms with van der Waals surface area (Å²) in [6.07, 6.45) is 2.22. The van der Waals surface area contributed by atoms with E-state index in [-0.39, 0.29) is 0 Å². The number of benzene rings is 1. The van der Waals surface area contributed by atoms with Gasteiger partial charge in [-0.05, 0) is 30.4 Å². The Hall–Kier alpha value is -1.16. The van der Waals surface area contributed by atoms with Crippen LogP contribution in [0.2, 0.25) is 0 Å². The maximum atomic E-state index is 10.6. The third-order valence-electron chi connectivity index (χ3n) is 3.55. The molecule has 2 unspecified atom stereocenters. The van der Waals surface area contributed by atoms with Gasteiger partial charge in [0.15, 0.2) is 0 Å². The number of rotatable bonds is 7. The minimum Gasteiger partial charge on any atom is -0.384 e. The summed E-state index contributed by atoms with van der Waals surface area (Å²) in [7, 11) is 0. The van der Waals surface area contributed by atoms with Gasteiger partial charge in [-0.3, -0.25) is 0 Å². The summed E-state index contributed by atoms with van der Waals surface area (Å²) >= 11 is 1.77. The molecule has 0 saturated heterocycles. The van der Waals surface area contributed by atoms with Crippen molar-refractivity contribution < 1.29 is 5.11 Å². The van der Waals surface area contributed by atoms with E-state index in [2.05, 4.69) is 29.8 Å². The number of nitrogens with one attached hydrogen (secondary N) is 1. The maximum Gasteiger partial charge on any atom is 0.0992 e. The molecule has 0 amide bonds. The first kappa shape index (κ1) is 15.2. The molecule has 1 aromatic heterocycles. The van der Waals surface area contributed by atoms with E-state index in [0.29, 0.717) is 12.6 Å². The molecule has 0 spiro atoms. The topological polar surface area (TPSA) is 32.3 Å². The molecule has 0 bridgehead atoms. The molecule has 2 rings (SSSR count). The average molecular weight is 289 g/mol. The van der Waals surface area contributed by atoms with Gasteiger partial charge in [-0.1, -0.05) is 49.7 Å². The highest BCUT2D eigenvalue weighted by Crippen LogP contribution is 2.25. The lowest BCUT2D eigenvalue weighted by atomic mass is 9.95. The van der Waals surface area contributed by atoms with Crippen LogP contribution in [0.15, 0.2) is 47.8 Å². The van der Waals surface area contributed by atoms with Crippen LogP contribution in [0.3, 0.4) is 0 Å². The fourth-order valence-electron chi connectivity index (χ4n) is 2.34. The third-order valence-corrected chi connectivity index (χ3v) is 4.54. The van der Waals surface area contributed by atoms with Gasteiger partial charge in [0.2, 0.25) is 0 Å². The Bertz CT molecular complexity index is 493. The van der Waals surface area contributed by atoms with E-state index in [4.69, 9.17) is 0 Å². The van der Waals surface area contributed by atoms with Gasteiger partial charge in [0.25, 0.3) is 0 Å². The number of hydrogen-bond acceptors (Lipinski definition) is 3. The summed E-state index contributed by atoms with van der Waals surface area (Å²) < 4.78 is 0. The molecule has 3 heteroatoms. The number of hydrogen-bond donors (Lipinski definition) is 2. The molecule has 0 fully saturated rings. The molecule has 0 aliphatic rings. The molecular weight excluding hydrogens is 266 g/mol. The van der Waals surface area contributed by atoms with Gasteiger partial charge in [-0.25, -0.2) is 0 Å². The molecule has 20 heavy (non-hydrogen) atoms. The van der Waals surface area contributed by atoms with E-state index < -0.39 is 5.60 Å². The average Bonchev–Trinajstić information content (AvgIpc) is 2.98. The predicted molar refractivity (Wildman–Crippen MR) is 86.0 cm³/mol. The van der Waals surface area contributed by atoms with Crippen LogP contribution in [0.5, 0.6) is 0 Å². The van der Waals surface area contributed by atoms with Crippen LogP contribution in [-0.2, 0) is 5.60 Å². The Balaban J connectivity index is 2.02. The summed E-state index contributed by atoms with van der Waals surface area (Å²) in [5, 5.41) is 16.3. The third kappa shape index (κ3) is 3.92. The fourth-order valence-corrected chi connectivity index (χ4v) is 3.18. The van der Waals surface area contributed by atoms with Crippen molar-refractivity contribution in [3.63, 3.8) is 0 Å². The highest BCUT2D eigenvalue weighted by atomic mass is 32.1. The zero-order valence-corrected chi connectivity index (χ0v) is 13.0. The SMILES string of the molecule is CCCC(NCC(C)(O)c1ccccc1)c1cccs1. The second kappa shape index (κ2) is 7.02. The van der Waals surface area contributed by atoms with Crippen molar-refractivity contribution in [3.8, 4) is 0 Å². The first-order valence-corrected chi connectivity index (χ1v) is 8.06. The molecule has 2 aromatic rings. The Kier molecular flexibility index (Phi) is 5.35. The van der Waals surface area contributed by atoms with Crippen LogP contribution in [0.4, 0.5) is 0 Å². The van der Waals surface area contributed by atoms with Crippen LogP contribution in [0.25, 0.3) is 0 Å². The molecular formula is C17H23NOS. The van der Waals surface area contributed by atoms with Gasteiger partial charge in [-0.15, -0.1) is 11.3 Å². The molecule has 1 heterocycles. The van der Waals surface area contributed by atoms with Crippen molar-refractivity contribution in [3.05, 3.63) is 58.3 Å². The monoisotopic (exact) mass is 289 g/mol. The van der Waals surface area contributed by atoms with E-state index in [9.17, 15) is 5.11 Å². The number of aliphatic hydroxyl groups is 1. The van der Waals surface area contributed by atoms with Crippen molar-refractivity contribution in [2.75, 3.05) is 6.54 Å². The van der Waals surface area contributed by atoms with Crippen molar-refractivity contribution in [1.29, 1.82) is 0 Å². The maximum absolute atomic E-state index is 10.6. The van der Waals surface area contributed by atoms with Gasteiger partial charge >= 0.3 is 0 Å². The van der Waals surface area contributed by atoms with Crippen molar-refractivity contribution in [2.45, 2.75) is 38.3 Å². The molecule has 0 aliphatic heterocycles. The summed E-state index contributed by atoms with van der Waals surface area (Å²) in [5.41, 5.74) is 0.110. The van der Waals surface area contributed by atoms with Gasteiger partial charge in [0.1, 0.15) is 0 Å². The fraction of sp³-hybridized carbons (Fsp3) is 0.412. The van der Waals surface area contributed by atoms with Crippen LogP contribution in [0.1, 0.15) is 43.2 Å². The highest BCUT2D eigenvalue weighted by molar-refractivity contribution is 7.10. The smallest absolute Gasteiger partial charge is 0.0992 e. The van der Waals surface area contributed by atoms with Crippen LogP contribution >= 0.6 is 11.3 Å². The predicted octanol–water partition coefficient (Wildman–Crippen LogP) is 4.09. The molecule has 0 saturated carbocycles. The van der Waals surface area contributed by atoms with E-state index >= 15 is 0 Å². The lowest BCUT2D eigenvalue weighted by molar-refractivity contribution is 0.0535.